The lowest BCUT2D eigenvalue weighted by atomic mass is 9.93. The second-order valence-electron chi connectivity index (χ2n) is 8.17. The molecule has 3 aromatic carbocycles. The van der Waals surface area contributed by atoms with Gasteiger partial charge in [0.15, 0.2) is 0 Å². The molecule has 1 heterocycles. The minimum Gasteiger partial charge on any atom is -0.491 e. The monoisotopic (exact) mass is 439 g/mol. The maximum absolute atomic E-state index is 13.4. The molecule has 2 aliphatic rings. The van der Waals surface area contributed by atoms with Crippen LogP contribution in [-0.2, 0) is 4.79 Å². The maximum atomic E-state index is 13.4. The standard InChI is InChI=1S/C27H21NO5/c1-16(2)32-21-14-18-8-5-9-22-24(18)23(15-21)26(30)28(25(22)29)19-10-12-20(13-11-19)33-27(31)17-6-3-4-7-17/h3,5-16H,4H2,1-2H3. The number of hydrogen-bond donors (Lipinski definition) is 0. The van der Waals surface area contributed by atoms with E-state index in [4.69, 9.17) is 9.47 Å². The molecule has 0 atom stereocenters. The number of anilines is 1. The fourth-order valence-electron chi connectivity index (χ4n) is 4.09. The molecule has 0 radical (unpaired) electrons. The topological polar surface area (TPSA) is 72.9 Å². The Labute approximate surface area is 190 Å². The Bertz CT molecular complexity index is 1370. The van der Waals surface area contributed by atoms with Gasteiger partial charge in [0.05, 0.1) is 22.9 Å². The number of rotatable bonds is 5. The van der Waals surface area contributed by atoms with E-state index >= 15 is 0 Å². The Morgan fingerprint density at radius 2 is 1.70 bits per heavy atom. The molecule has 6 heteroatoms. The normalized spacial score (nSPS) is 14.8. The van der Waals surface area contributed by atoms with E-state index in [1.165, 1.54) is 0 Å². The van der Waals surface area contributed by atoms with Crippen LogP contribution in [0.25, 0.3) is 10.8 Å². The molecule has 5 rings (SSSR count). The van der Waals surface area contributed by atoms with E-state index in [0.717, 1.165) is 10.3 Å². The van der Waals surface area contributed by atoms with Crippen LogP contribution in [-0.4, -0.2) is 23.9 Å². The first-order valence-electron chi connectivity index (χ1n) is 10.7. The lowest BCUT2D eigenvalue weighted by Crippen LogP contribution is -2.40. The number of ether oxygens (including phenoxy) is 2. The van der Waals surface area contributed by atoms with Crippen molar-refractivity contribution < 1.29 is 23.9 Å². The predicted molar refractivity (Wildman–Crippen MR) is 125 cm³/mol. The van der Waals surface area contributed by atoms with Gasteiger partial charge in [-0.2, -0.15) is 0 Å². The highest BCUT2D eigenvalue weighted by molar-refractivity contribution is 6.36. The summed E-state index contributed by atoms with van der Waals surface area (Å²) in [6, 6.07) is 15.2. The van der Waals surface area contributed by atoms with Crippen molar-refractivity contribution in [3.8, 4) is 11.5 Å². The molecule has 0 fully saturated rings. The van der Waals surface area contributed by atoms with E-state index < -0.39 is 17.8 Å². The van der Waals surface area contributed by atoms with Gasteiger partial charge in [-0.15, -0.1) is 0 Å². The highest BCUT2D eigenvalue weighted by Gasteiger charge is 2.34. The average Bonchev–Trinajstić information content (AvgIpc) is 3.33. The predicted octanol–water partition coefficient (Wildman–Crippen LogP) is 5.22. The van der Waals surface area contributed by atoms with Crippen LogP contribution in [0.5, 0.6) is 11.5 Å². The molecule has 164 valence electrons. The maximum Gasteiger partial charge on any atom is 0.343 e. The number of carbonyl (C=O) groups is 3. The third-order valence-electron chi connectivity index (χ3n) is 5.50. The molecule has 0 bridgehead atoms. The van der Waals surface area contributed by atoms with Crippen LogP contribution in [0.2, 0.25) is 0 Å². The summed E-state index contributed by atoms with van der Waals surface area (Å²) in [5.41, 5.74) is 1.76. The molecule has 0 aromatic heterocycles. The smallest absolute Gasteiger partial charge is 0.343 e. The SMILES string of the molecule is CC(C)Oc1cc2c3c(cccc3c1)C(=O)N(c1ccc(OC(=O)C3=CCC=C3)cc1)C2=O. The van der Waals surface area contributed by atoms with E-state index in [1.54, 1.807) is 54.6 Å². The Morgan fingerprint density at radius 3 is 2.39 bits per heavy atom. The van der Waals surface area contributed by atoms with Crippen molar-refractivity contribution in [1.29, 1.82) is 0 Å². The molecule has 3 aromatic rings. The van der Waals surface area contributed by atoms with Gasteiger partial charge >= 0.3 is 5.97 Å². The number of imide groups is 1. The molecule has 0 saturated carbocycles. The third-order valence-corrected chi connectivity index (χ3v) is 5.50. The van der Waals surface area contributed by atoms with Gasteiger partial charge < -0.3 is 9.47 Å². The number of esters is 1. The molecule has 0 spiro atoms. The summed E-state index contributed by atoms with van der Waals surface area (Å²) in [5, 5.41) is 1.41. The van der Waals surface area contributed by atoms with Crippen molar-refractivity contribution in [2.45, 2.75) is 26.4 Å². The molecule has 33 heavy (non-hydrogen) atoms. The molecule has 6 nitrogen and oxygen atoms in total. The van der Waals surface area contributed by atoms with Gasteiger partial charge in [-0.25, -0.2) is 9.69 Å². The van der Waals surface area contributed by atoms with Crippen molar-refractivity contribution in [1.82, 2.24) is 0 Å². The van der Waals surface area contributed by atoms with Crippen LogP contribution in [0.3, 0.4) is 0 Å². The second kappa shape index (κ2) is 8.06. The van der Waals surface area contributed by atoms with Crippen LogP contribution in [0, 0.1) is 0 Å². The lowest BCUT2D eigenvalue weighted by Gasteiger charge is -2.28. The number of nitrogens with zero attached hydrogens (tertiary/aromatic N) is 1. The highest BCUT2D eigenvalue weighted by Crippen LogP contribution is 2.36. The zero-order chi connectivity index (χ0) is 23.1. The summed E-state index contributed by atoms with van der Waals surface area (Å²) in [7, 11) is 0. The fraction of sp³-hybridized carbons (Fsp3) is 0.148. The van der Waals surface area contributed by atoms with Gasteiger partial charge in [-0.3, -0.25) is 9.59 Å². The number of benzene rings is 3. The third kappa shape index (κ3) is 3.69. The first kappa shape index (κ1) is 20.7. The number of allylic oxidation sites excluding steroid dienone is 2. The van der Waals surface area contributed by atoms with E-state index in [0.29, 0.717) is 45.7 Å². The summed E-state index contributed by atoms with van der Waals surface area (Å²) < 4.78 is 11.2. The van der Waals surface area contributed by atoms with Crippen LogP contribution in [0.1, 0.15) is 41.0 Å². The first-order valence-corrected chi connectivity index (χ1v) is 10.7. The van der Waals surface area contributed by atoms with Crippen LogP contribution < -0.4 is 14.4 Å². The van der Waals surface area contributed by atoms with Crippen molar-refractivity contribution in [3.63, 3.8) is 0 Å². The molecular formula is C27H21NO5. The zero-order valence-electron chi connectivity index (χ0n) is 18.2. The van der Waals surface area contributed by atoms with Gasteiger partial charge in [-0.05, 0) is 68.1 Å². The Balaban J connectivity index is 1.49. The van der Waals surface area contributed by atoms with Gasteiger partial charge in [0.25, 0.3) is 11.8 Å². The minimum absolute atomic E-state index is 0.0556. The first-order chi connectivity index (χ1) is 15.9. The summed E-state index contributed by atoms with van der Waals surface area (Å²) >= 11 is 0. The van der Waals surface area contributed by atoms with Crippen molar-refractivity contribution in [2.24, 2.45) is 0 Å². The Hall–Kier alpha value is -4.19. The van der Waals surface area contributed by atoms with Gasteiger partial charge in [0.1, 0.15) is 11.5 Å². The van der Waals surface area contributed by atoms with Crippen molar-refractivity contribution >= 4 is 34.2 Å². The Kier molecular flexibility index (Phi) is 5.05. The largest absolute Gasteiger partial charge is 0.491 e. The highest BCUT2D eigenvalue weighted by atomic mass is 16.5. The molecule has 0 N–H and O–H groups in total. The summed E-state index contributed by atoms with van der Waals surface area (Å²) in [4.78, 5) is 40.1. The summed E-state index contributed by atoms with van der Waals surface area (Å²) in [5.74, 6) is -0.368. The molecule has 0 unspecified atom stereocenters. The van der Waals surface area contributed by atoms with Crippen LogP contribution in [0.15, 0.2) is 78.4 Å². The average molecular weight is 439 g/mol. The molecule has 2 amide bonds. The lowest BCUT2D eigenvalue weighted by molar-refractivity contribution is -0.129. The summed E-state index contributed by atoms with van der Waals surface area (Å²) in [6.45, 7) is 3.83. The van der Waals surface area contributed by atoms with Crippen LogP contribution in [0.4, 0.5) is 5.69 Å². The van der Waals surface area contributed by atoms with Gasteiger partial charge in [0.2, 0.25) is 0 Å². The molecule has 1 aliphatic heterocycles. The number of amides is 2. The van der Waals surface area contributed by atoms with Crippen molar-refractivity contribution in [2.75, 3.05) is 4.90 Å². The van der Waals surface area contributed by atoms with Gasteiger partial charge in [-0.1, -0.05) is 30.4 Å². The number of carbonyl (C=O) groups excluding carboxylic acids is 3. The van der Waals surface area contributed by atoms with Crippen molar-refractivity contribution in [3.05, 3.63) is 89.5 Å². The summed E-state index contributed by atoms with van der Waals surface area (Å²) in [6.07, 6.45) is 6.04. The second-order valence-corrected chi connectivity index (χ2v) is 8.17. The van der Waals surface area contributed by atoms with E-state index in [-0.39, 0.29) is 6.10 Å². The van der Waals surface area contributed by atoms with Crippen LogP contribution >= 0.6 is 0 Å². The van der Waals surface area contributed by atoms with E-state index in [2.05, 4.69) is 0 Å². The molecular weight excluding hydrogens is 418 g/mol. The van der Waals surface area contributed by atoms with Gasteiger partial charge in [0, 0.05) is 10.9 Å². The zero-order valence-corrected chi connectivity index (χ0v) is 18.2. The molecule has 0 saturated heterocycles. The molecule has 1 aliphatic carbocycles. The Morgan fingerprint density at radius 1 is 0.939 bits per heavy atom. The number of hydrogen-bond acceptors (Lipinski definition) is 5. The van der Waals surface area contributed by atoms with E-state index in [1.807, 2.05) is 32.1 Å². The minimum atomic E-state index is -0.445. The van der Waals surface area contributed by atoms with E-state index in [9.17, 15) is 14.4 Å². The quantitative estimate of drug-likeness (QED) is 0.310. The fourth-order valence-corrected chi connectivity index (χ4v) is 4.09.